The van der Waals surface area contributed by atoms with Crippen molar-refractivity contribution in [3.8, 4) is 11.8 Å². The molecule has 10 heteroatoms. The number of anilines is 1. The molecule has 1 saturated heterocycles. The van der Waals surface area contributed by atoms with Crippen LogP contribution < -0.4 is 5.32 Å². The van der Waals surface area contributed by atoms with Crippen molar-refractivity contribution in [3.05, 3.63) is 82.6 Å². The highest BCUT2D eigenvalue weighted by Crippen LogP contribution is 2.48. The Morgan fingerprint density at radius 2 is 1.90 bits per heavy atom. The normalized spacial score (nSPS) is 19.2. The molecule has 2 amide bonds. The van der Waals surface area contributed by atoms with E-state index in [0.29, 0.717) is 39.7 Å². The molecule has 0 spiro atoms. The minimum absolute atomic E-state index is 0.0226. The highest BCUT2D eigenvalue weighted by atomic mass is 79.9. The maximum Gasteiger partial charge on any atom is 0.248 e. The summed E-state index contributed by atoms with van der Waals surface area (Å²) in [5.41, 5.74) is 1.97. The number of nitrogens with zero attached hydrogens (tertiary/aromatic N) is 5. The number of carbonyl (C=O) groups is 3. The van der Waals surface area contributed by atoms with E-state index in [4.69, 9.17) is 0 Å². The molecule has 2 fully saturated rings. The van der Waals surface area contributed by atoms with Gasteiger partial charge in [-0.15, -0.1) is 0 Å². The lowest BCUT2D eigenvalue weighted by atomic mass is 10.1. The third-order valence-electron chi connectivity index (χ3n) is 7.11. The standard InChI is InChI=1S/C29H23BrN6O3/c1-17(37)21-15-35(22-8-6-18(12-20(21)22)7-9-26-31-10-3-11-32-26)16-28(38)36-23-13-19(23)14-24(36)29(39)34-27-5-2-4-25(30)33-27/h2-6,8,10-12,15,19,23-24H,13-14,16H2,1H3,(H,33,34,39)/t19-,23?,24+/m1/s1. The number of rotatable bonds is 5. The van der Waals surface area contributed by atoms with Gasteiger partial charge in [-0.2, -0.15) is 0 Å². The Morgan fingerprint density at radius 1 is 1.08 bits per heavy atom. The Hall–Kier alpha value is -4.36. The quantitative estimate of drug-likeness (QED) is 0.217. The maximum atomic E-state index is 13.6. The van der Waals surface area contributed by atoms with Gasteiger partial charge in [-0.3, -0.25) is 14.4 Å². The summed E-state index contributed by atoms with van der Waals surface area (Å²) in [5, 5.41) is 3.57. The van der Waals surface area contributed by atoms with E-state index in [9.17, 15) is 14.4 Å². The van der Waals surface area contributed by atoms with Crippen molar-refractivity contribution in [1.29, 1.82) is 0 Å². The fraction of sp³-hybridized carbons (Fsp3) is 0.241. The predicted octanol–water partition coefficient (Wildman–Crippen LogP) is 3.82. The second-order valence-corrected chi connectivity index (χ2v) is 10.5. The van der Waals surface area contributed by atoms with Gasteiger partial charge in [-0.1, -0.05) is 12.0 Å². The SMILES string of the molecule is CC(=O)c1cn(CC(=O)N2C3C[C@@H]3C[C@H]2C(=O)Nc2cccc(Br)n2)c2ccc(C#Cc3ncccn3)cc12. The predicted molar refractivity (Wildman–Crippen MR) is 148 cm³/mol. The lowest BCUT2D eigenvalue weighted by molar-refractivity contribution is -0.138. The summed E-state index contributed by atoms with van der Waals surface area (Å²) < 4.78 is 2.40. The number of likely N-dealkylation sites (tertiary alicyclic amines) is 1. The molecule has 0 radical (unpaired) electrons. The first kappa shape index (κ1) is 24.9. The van der Waals surface area contributed by atoms with Crippen molar-refractivity contribution >= 4 is 50.2 Å². The summed E-state index contributed by atoms with van der Waals surface area (Å²) in [5.74, 6) is 6.65. The molecule has 0 bridgehead atoms. The molecular weight excluding hydrogens is 560 g/mol. The molecule has 1 N–H and O–H groups in total. The molecule has 6 rings (SSSR count). The maximum absolute atomic E-state index is 13.6. The van der Waals surface area contributed by atoms with E-state index in [1.165, 1.54) is 6.92 Å². The van der Waals surface area contributed by atoms with Gasteiger partial charge in [0.1, 0.15) is 23.0 Å². The Kier molecular flexibility index (Phi) is 6.45. The van der Waals surface area contributed by atoms with Crippen LogP contribution in [0.15, 0.2) is 65.7 Å². The summed E-state index contributed by atoms with van der Waals surface area (Å²) >= 11 is 3.31. The molecule has 1 unspecified atom stereocenters. The number of pyridine rings is 1. The molecule has 39 heavy (non-hydrogen) atoms. The van der Waals surface area contributed by atoms with E-state index >= 15 is 0 Å². The number of ketones is 1. The monoisotopic (exact) mass is 582 g/mol. The van der Waals surface area contributed by atoms with E-state index in [0.717, 1.165) is 17.3 Å². The zero-order valence-corrected chi connectivity index (χ0v) is 22.6. The van der Waals surface area contributed by atoms with Crippen molar-refractivity contribution in [3.63, 3.8) is 0 Å². The molecule has 3 atom stereocenters. The van der Waals surface area contributed by atoms with Gasteiger partial charge in [0.15, 0.2) is 5.78 Å². The lowest BCUT2D eigenvalue weighted by Crippen LogP contribution is -2.46. The summed E-state index contributed by atoms with van der Waals surface area (Å²) in [7, 11) is 0. The van der Waals surface area contributed by atoms with Gasteiger partial charge in [0.25, 0.3) is 0 Å². The first-order valence-corrected chi connectivity index (χ1v) is 13.3. The number of hydrogen-bond donors (Lipinski definition) is 1. The number of fused-ring (bicyclic) bond motifs is 2. The van der Waals surface area contributed by atoms with Crippen molar-refractivity contribution in [2.75, 3.05) is 5.32 Å². The molecule has 1 aliphatic heterocycles. The largest absolute Gasteiger partial charge is 0.337 e. The molecule has 1 aromatic carbocycles. The topological polar surface area (TPSA) is 110 Å². The van der Waals surface area contributed by atoms with Gasteiger partial charge >= 0.3 is 0 Å². The average Bonchev–Trinajstić information content (AvgIpc) is 3.43. The Bertz CT molecular complexity index is 1690. The molecule has 4 heterocycles. The van der Waals surface area contributed by atoms with Gasteiger partial charge in [0.05, 0.1) is 0 Å². The molecule has 1 aliphatic carbocycles. The number of nitrogens with one attached hydrogen (secondary N) is 1. The van der Waals surface area contributed by atoms with Gasteiger partial charge in [0.2, 0.25) is 17.6 Å². The second-order valence-electron chi connectivity index (χ2n) is 9.73. The van der Waals surface area contributed by atoms with Crippen LogP contribution in [0, 0.1) is 17.8 Å². The van der Waals surface area contributed by atoms with E-state index in [1.54, 1.807) is 52.3 Å². The van der Waals surface area contributed by atoms with Crippen molar-refractivity contribution in [1.82, 2.24) is 24.4 Å². The van der Waals surface area contributed by atoms with Gasteiger partial charge in [-0.05, 0) is 83.9 Å². The number of halogens is 1. The highest BCUT2D eigenvalue weighted by Gasteiger charge is 2.56. The van der Waals surface area contributed by atoms with Crippen molar-refractivity contribution < 1.29 is 14.4 Å². The molecular formula is C29H23BrN6O3. The van der Waals surface area contributed by atoms with Crippen LogP contribution >= 0.6 is 15.9 Å². The van der Waals surface area contributed by atoms with Crippen LogP contribution in [-0.2, 0) is 16.1 Å². The van der Waals surface area contributed by atoms with E-state index in [-0.39, 0.29) is 30.2 Å². The van der Waals surface area contributed by atoms with Crippen molar-refractivity contribution in [2.24, 2.45) is 5.92 Å². The van der Waals surface area contributed by atoms with E-state index in [2.05, 4.69) is 48.0 Å². The molecule has 3 aromatic heterocycles. The molecule has 4 aromatic rings. The number of carbonyl (C=O) groups excluding carboxylic acids is 3. The van der Waals surface area contributed by atoms with Crippen LogP contribution in [0.4, 0.5) is 5.82 Å². The minimum atomic E-state index is -0.557. The van der Waals surface area contributed by atoms with Crippen LogP contribution in [0.3, 0.4) is 0 Å². The fourth-order valence-corrected chi connectivity index (χ4v) is 5.59. The average molecular weight is 583 g/mol. The van der Waals surface area contributed by atoms with Crippen LogP contribution in [0.2, 0.25) is 0 Å². The summed E-state index contributed by atoms with van der Waals surface area (Å²) in [6, 6.07) is 12.1. The third kappa shape index (κ3) is 5.05. The number of Topliss-reactive ketones (excluding diaryl/α,β-unsaturated/α-hetero) is 1. The zero-order valence-electron chi connectivity index (χ0n) is 21.0. The molecule has 1 saturated carbocycles. The number of aromatic nitrogens is 4. The van der Waals surface area contributed by atoms with E-state index < -0.39 is 6.04 Å². The Morgan fingerprint density at radius 3 is 2.67 bits per heavy atom. The van der Waals surface area contributed by atoms with Gasteiger partial charge in [-0.25, -0.2) is 15.0 Å². The number of piperidine rings is 1. The lowest BCUT2D eigenvalue weighted by Gasteiger charge is -2.27. The van der Waals surface area contributed by atoms with Crippen molar-refractivity contribution in [2.45, 2.75) is 38.4 Å². The Labute approximate surface area is 232 Å². The Balaban J connectivity index is 1.25. The molecule has 194 valence electrons. The smallest absolute Gasteiger partial charge is 0.248 e. The number of hydrogen-bond acceptors (Lipinski definition) is 6. The zero-order chi connectivity index (χ0) is 27.1. The van der Waals surface area contributed by atoms with Crippen LogP contribution in [0.1, 0.15) is 41.5 Å². The first-order chi connectivity index (χ1) is 18.9. The second kappa shape index (κ2) is 10.1. The summed E-state index contributed by atoms with van der Waals surface area (Å²) in [6.45, 7) is 1.53. The van der Waals surface area contributed by atoms with E-state index in [1.807, 2.05) is 18.2 Å². The number of amides is 2. The molecule has 9 nitrogen and oxygen atoms in total. The minimum Gasteiger partial charge on any atom is -0.337 e. The first-order valence-electron chi connectivity index (χ1n) is 12.5. The van der Waals surface area contributed by atoms with Crippen LogP contribution in [0.25, 0.3) is 10.9 Å². The number of benzene rings is 1. The molecule has 2 aliphatic rings. The summed E-state index contributed by atoms with van der Waals surface area (Å²) in [6.07, 6.45) is 6.50. The van der Waals surface area contributed by atoms with Crippen LogP contribution in [-0.4, -0.2) is 54.1 Å². The summed E-state index contributed by atoms with van der Waals surface area (Å²) in [4.78, 5) is 53.4. The third-order valence-corrected chi connectivity index (χ3v) is 7.55. The van der Waals surface area contributed by atoms with Gasteiger partial charge < -0.3 is 14.8 Å². The fourth-order valence-electron chi connectivity index (χ4n) is 5.24. The van der Waals surface area contributed by atoms with Crippen LogP contribution in [0.5, 0.6) is 0 Å². The van der Waals surface area contributed by atoms with Gasteiger partial charge in [0, 0.05) is 46.7 Å². The highest BCUT2D eigenvalue weighted by molar-refractivity contribution is 9.10.